The Labute approximate surface area is 66.4 Å². The van der Waals surface area contributed by atoms with Crippen LogP contribution in [0.4, 0.5) is 0 Å². The van der Waals surface area contributed by atoms with Crippen molar-refractivity contribution < 1.29 is 23.4 Å². The molecule has 0 radical (unpaired) electrons. The summed E-state index contributed by atoms with van der Waals surface area (Å²) in [5.41, 5.74) is 1.41. The molecule has 0 atom stereocenters. The van der Waals surface area contributed by atoms with E-state index >= 15 is 0 Å². The maximum absolute atomic E-state index is 7.98. The highest BCUT2D eigenvalue weighted by molar-refractivity contribution is 6.66. The number of rotatable bonds is 5. The predicted molar refractivity (Wildman–Crippen MR) is 39.6 cm³/mol. The molecule has 0 unspecified atom stereocenters. The van der Waals surface area contributed by atoms with Crippen molar-refractivity contribution in [2.24, 2.45) is 0 Å². The predicted octanol–water partition coefficient (Wildman–Crippen LogP) is 0.407. The van der Waals surface area contributed by atoms with Gasteiger partial charge in [-0.25, -0.2) is 5.26 Å². The molecule has 1 N–H and O–H groups in total. The zero-order valence-corrected chi connectivity index (χ0v) is 7.73. The summed E-state index contributed by atoms with van der Waals surface area (Å²) in [6.07, 6.45) is 1.04. The molecule has 0 rings (SSSR count). The fraction of sp³-hybridized carbons (Fsp3) is 0.600. The smallest absolute Gasteiger partial charge is 0.374 e. The molecule has 0 spiro atoms. The van der Waals surface area contributed by atoms with Crippen LogP contribution in [0.5, 0.6) is 0 Å². The molecule has 0 aromatic carbocycles. The molecule has 0 saturated heterocycles. The Morgan fingerprint density at radius 2 is 1.55 bits per heavy atom. The summed E-state index contributed by atoms with van der Waals surface area (Å²) in [5.74, 6) is 0. The zero-order chi connectivity index (χ0) is 8.74. The van der Waals surface area contributed by atoms with Crippen molar-refractivity contribution in [2.45, 2.75) is 0 Å². The highest BCUT2D eigenvalue weighted by Gasteiger charge is 2.34. The van der Waals surface area contributed by atoms with E-state index in [4.69, 9.17) is 18.5 Å². The first-order chi connectivity index (χ1) is 5.24. The lowest BCUT2D eigenvalue weighted by molar-refractivity contribution is -0.186. The Bertz CT molecular complexity index is 114. The molecule has 0 aliphatic carbocycles. The lowest BCUT2D eigenvalue weighted by Gasteiger charge is -2.19. The normalized spacial score (nSPS) is 12.4. The molecule has 0 saturated carbocycles. The van der Waals surface area contributed by atoms with Crippen LogP contribution in [0.25, 0.3) is 0 Å². The van der Waals surface area contributed by atoms with Gasteiger partial charge in [0.25, 0.3) is 0 Å². The fourth-order valence-electron chi connectivity index (χ4n) is 0.568. The summed E-state index contributed by atoms with van der Waals surface area (Å²) in [5, 5.41) is 7.98. The Balaban J connectivity index is 4.16. The molecular formula is C5H12O5Si. The lowest BCUT2D eigenvalue weighted by atomic mass is 11.2. The lowest BCUT2D eigenvalue weighted by Crippen LogP contribution is -2.40. The van der Waals surface area contributed by atoms with E-state index in [2.05, 4.69) is 4.89 Å². The molecule has 6 heteroatoms. The molecule has 0 aliphatic rings. The highest BCUT2D eigenvalue weighted by Crippen LogP contribution is 2.06. The van der Waals surface area contributed by atoms with Crippen molar-refractivity contribution >= 4 is 8.80 Å². The minimum absolute atomic E-state index is 1.04. The van der Waals surface area contributed by atoms with E-state index in [1.54, 1.807) is 0 Å². The minimum Gasteiger partial charge on any atom is -0.374 e. The molecule has 5 nitrogen and oxygen atoms in total. The third-order valence-electron chi connectivity index (χ3n) is 1.19. The average Bonchev–Trinajstić information content (AvgIpc) is 2.08. The molecule has 0 bridgehead atoms. The first-order valence-electron chi connectivity index (χ1n) is 2.88. The quantitative estimate of drug-likeness (QED) is 0.287. The van der Waals surface area contributed by atoms with Gasteiger partial charge in [-0.2, -0.15) is 0 Å². The second kappa shape index (κ2) is 5.27. The van der Waals surface area contributed by atoms with Gasteiger partial charge in [-0.15, -0.1) is 0 Å². The van der Waals surface area contributed by atoms with Gasteiger partial charge in [0.05, 0.1) is 0 Å². The van der Waals surface area contributed by atoms with Crippen LogP contribution in [0.3, 0.4) is 0 Å². The van der Waals surface area contributed by atoms with Crippen LogP contribution in [-0.2, 0) is 18.2 Å². The molecule has 0 heterocycles. The molecule has 0 aliphatic heterocycles. The monoisotopic (exact) mass is 180 g/mol. The van der Waals surface area contributed by atoms with Crippen molar-refractivity contribution in [2.75, 3.05) is 21.3 Å². The van der Waals surface area contributed by atoms with E-state index in [0.29, 0.717) is 0 Å². The van der Waals surface area contributed by atoms with Crippen LogP contribution < -0.4 is 0 Å². The third-order valence-corrected chi connectivity index (χ3v) is 3.44. The van der Waals surface area contributed by atoms with Crippen LogP contribution in [0.15, 0.2) is 12.0 Å². The van der Waals surface area contributed by atoms with Crippen LogP contribution >= 0.6 is 0 Å². The molecule has 66 valence electrons. The number of hydrogen-bond acceptors (Lipinski definition) is 5. The Kier molecular flexibility index (Phi) is 5.08. The summed E-state index contributed by atoms with van der Waals surface area (Å²) in [6.45, 7) is 0. The molecule has 0 aromatic heterocycles. The Hall–Kier alpha value is -0.403. The van der Waals surface area contributed by atoms with E-state index in [1.807, 2.05) is 0 Å². The van der Waals surface area contributed by atoms with E-state index < -0.39 is 8.80 Å². The van der Waals surface area contributed by atoms with Gasteiger partial charge in [0.2, 0.25) is 0 Å². The van der Waals surface area contributed by atoms with Crippen LogP contribution in [0.1, 0.15) is 0 Å². The average molecular weight is 180 g/mol. The molecular weight excluding hydrogens is 168 g/mol. The van der Waals surface area contributed by atoms with Gasteiger partial charge in [-0.05, 0) is 0 Å². The highest BCUT2D eigenvalue weighted by atomic mass is 28.4. The van der Waals surface area contributed by atoms with Gasteiger partial charge in [0.15, 0.2) is 0 Å². The van der Waals surface area contributed by atoms with Crippen LogP contribution in [0.2, 0.25) is 0 Å². The van der Waals surface area contributed by atoms with Gasteiger partial charge in [0, 0.05) is 27.0 Å². The van der Waals surface area contributed by atoms with Gasteiger partial charge in [-0.1, -0.05) is 0 Å². The van der Waals surface area contributed by atoms with Crippen molar-refractivity contribution in [3.8, 4) is 0 Å². The largest absolute Gasteiger partial charge is 0.532 e. The van der Waals surface area contributed by atoms with E-state index in [-0.39, 0.29) is 0 Å². The third kappa shape index (κ3) is 3.00. The molecule has 0 amide bonds. The van der Waals surface area contributed by atoms with E-state index in [0.717, 1.165) is 6.26 Å². The molecule has 0 aromatic rings. The Morgan fingerprint density at radius 3 is 1.82 bits per heavy atom. The zero-order valence-electron chi connectivity index (χ0n) is 6.73. The van der Waals surface area contributed by atoms with Gasteiger partial charge in [0.1, 0.15) is 6.26 Å². The second-order valence-electron chi connectivity index (χ2n) is 1.62. The Morgan fingerprint density at radius 1 is 1.09 bits per heavy atom. The first kappa shape index (κ1) is 10.6. The van der Waals surface area contributed by atoms with Crippen LogP contribution in [-0.4, -0.2) is 35.4 Å². The van der Waals surface area contributed by atoms with E-state index in [9.17, 15) is 0 Å². The summed E-state index contributed by atoms with van der Waals surface area (Å²) in [4.78, 5) is 3.72. The minimum atomic E-state index is -2.70. The van der Waals surface area contributed by atoms with E-state index in [1.165, 1.54) is 27.0 Å². The van der Waals surface area contributed by atoms with Gasteiger partial charge < -0.3 is 18.2 Å². The maximum atomic E-state index is 7.98. The van der Waals surface area contributed by atoms with Crippen molar-refractivity contribution in [1.82, 2.24) is 0 Å². The maximum Gasteiger partial charge on any atom is 0.532 e. The summed E-state index contributed by atoms with van der Waals surface area (Å²) >= 11 is 0. The van der Waals surface area contributed by atoms with Crippen molar-refractivity contribution in [3.63, 3.8) is 0 Å². The van der Waals surface area contributed by atoms with Crippen molar-refractivity contribution in [1.29, 1.82) is 0 Å². The van der Waals surface area contributed by atoms with Crippen molar-refractivity contribution in [3.05, 3.63) is 12.0 Å². The first-order valence-corrected chi connectivity index (χ1v) is 4.68. The fourth-order valence-corrected chi connectivity index (χ4v) is 1.70. The second-order valence-corrected chi connectivity index (χ2v) is 4.39. The SMILES string of the molecule is CO[Si](C=COO)(OC)OC. The molecule has 0 fully saturated rings. The number of hydrogen-bond donors (Lipinski definition) is 1. The topological polar surface area (TPSA) is 57.2 Å². The van der Waals surface area contributed by atoms with Gasteiger partial charge in [-0.3, -0.25) is 0 Å². The molecule has 11 heavy (non-hydrogen) atoms. The summed E-state index contributed by atoms with van der Waals surface area (Å²) < 4.78 is 14.9. The summed E-state index contributed by atoms with van der Waals surface area (Å²) in [6, 6.07) is 0. The van der Waals surface area contributed by atoms with Gasteiger partial charge >= 0.3 is 8.80 Å². The summed E-state index contributed by atoms with van der Waals surface area (Å²) in [7, 11) is 1.67. The standard InChI is InChI=1S/C5H12O5Si/c1-7-11(8-2,9-3)5-4-10-6/h4-6H,1-3H3. The van der Waals surface area contributed by atoms with Crippen LogP contribution in [0, 0.1) is 0 Å².